The first kappa shape index (κ1) is 12.4. The van der Waals surface area contributed by atoms with E-state index in [9.17, 15) is 13.6 Å². The summed E-state index contributed by atoms with van der Waals surface area (Å²) in [4.78, 5) is 15.5. The van der Waals surface area contributed by atoms with Crippen LogP contribution in [0.3, 0.4) is 0 Å². The quantitative estimate of drug-likeness (QED) is 0.850. The minimum absolute atomic E-state index is 0.141. The summed E-state index contributed by atoms with van der Waals surface area (Å²) in [6.07, 6.45) is 1.35. The molecule has 2 aromatic rings. The second-order valence-corrected chi connectivity index (χ2v) is 3.83. The predicted molar refractivity (Wildman–Crippen MR) is 63.6 cm³/mol. The molecule has 3 nitrogen and oxygen atoms in total. The Morgan fingerprint density at radius 1 is 1.22 bits per heavy atom. The number of aromatic nitrogens is 1. The third kappa shape index (κ3) is 2.81. The number of pyridine rings is 1. The van der Waals surface area contributed by atoms with Gasteiger partial charge in [0.05, 0.1) is 5.69 Å². The molecule has 0 saturated carbocycles. The number of halogens is 3. The number of hydrogen-bond acceptors (Lipinski definition) is 2. The van der Waals surface area contributed by atoms with Crippen molar-refractivity contribution in [2.45, 2.75) is 0 Å². The minimum atomic E-state index is -0.718. The maximum Gasteiger partial charge on any atom is 0.255 e. The molecule has 0 aliphatic carbocycles. The molecule has 0 aliphatic rings. The fraction of sp³-hybridized carbons (Fsp3) is 0. The van der Waals surface area contributed by atoms with Gasteiger partial charge in [-0.25, -0.2) is 13.8 Å². The molecule has 0 unspecified atom stereocenters. The van der Waals surface area contributed by atoms with Crippen LogP contribution in [0.5, 0.6) is 0 Å². The first-order valence-electron chi connectivity index (χ1n) is 4.94. The topological polar surface area (TPSA) is 42.0 Å². The van der Waals surface area contributed by atoms with E-state index in [0.29, 0.717) is 0 Å². The van der Waals surface area contributed by atoms with Gasteiger partial charge in [-0.15, -0.1) is 0 Å². The summed E-state index contributed by atoms with van der Waals surface area (Å²) >= 11 is 5.62. The van der Waals surface area contributed by atoms with Crippen molar-refractivity contribution in [2.24, 2.45) is 0 Å². The molecule has 0 radical (unpaired) electrons. The molecule has 2 rings (SSSR count). The van der Waals surface area contributed by atoms with Crippen LogP contribution in [0.2, 0.25) is 5.15 Å². The van der Waals surface area contributed by atoms with Crippen LogP contribution in [-0.4, -0.2) is 10.9 Å². The maximum absolute atomic E-state index is 13.3. The lowest BCUT2D eigenvalue weighted by Crippen LogP contribution is -2.13. The first-order chi connectivity index (χ1) is 8.56. The Balaban J connectivity index is 2.24. The normalized spacial score (nSPS) is 10.2. The van der Waals surface area contributed by atoms with Crippen molar-refractivity contribution in [3.8, 4) is 0 Å². The van der Waals surface area contributed by atoms with Crippen molar-refractivity contribution in [3.05, 3.63) is 58.9 Å². The number of benzene rings is 1. The molecule has 6 heteroatoms. The van der Waals surface area contributed by atoms with Gasteiger partial charge in [-0.05, 0) is 24.3 Å². The average Bonchev–Trinajstić information content (AvgIpc) is 2.34. The van der Waals surface area contributed by atoms with Crippen LogP contribution < -0.4 is 5.32 Å². The van der Waals surface area contributed by atoms with E-state index in [1.807, 2.05) is 0 Å². The van der Waals surface area contributed by atoms with Crippen molar-refractivity contribution in [1.82, 2.24) is 4.98 Å². The van der Waals surface area contributed by atoms with E-state index in [2.05, 4.69) is 10.3 Å². The van der Waals surface area contributed by atoms with Crippen LogP contribution in [-0.2, 0) is 0 Å². The fourth-order valence-electron chi connectivity index (χ4n) is 1.33. The van der Waals surface area contributed by atoms with Crippen molar-refractivity contribution in [3.63, 3.8) is 0 Å². The monoisotopic (exact) mass is 268 g/mol. The number of hydrogen-bond donors (Lipinski definition) is 1. The highest BCUT2D eigenvalue weighted by Gasteiger charge is 2.10. The van der Waals surface area contributed by atoms with Crippen LogP contribution in [0, 0.1) is 11.6 Å². The third-order valence-corrected chi connectivity index (χ3v) is 2.37. The zero-order chi connectivity index (χ0) is 13.1. The zero-order valence-corrected chi connectivity index (χ0v) is 9.71. The van der Waals surface area contributed by atoms with Gasteiger partial charge in [0.1, 0.15) is 16.8 Å². The summed E-state index contributed by atoms with van der Waals surface area (Å²) in [6.45, 7) is 0. The first-order valence-corrected chi connectivity index (χ1v) is 5.32. The number of rotatable bonds is 2. The van der Waals surface area contributed by atoms with Gasteiger partial charge in [-0.1, -0.05) is 11.6 Å². The lowest BCUT2D eigenvalue weighted by atomic mass is 10.2. The van der Waals surface area contributed by atoms with Crippen molar-refractivity contribution >= 4 is 23.2 Å². The van der Waals surface area contributed by atoms with Gasteiger partial charge < -0.3 is 5.32 Å². The molecule has 1 amide bonds. The molecule has 0 saturated heterocycles. The number of carbonyl (C=O) groups excluding carboxylic acids is 1. The fourth-order valence-corrected chi connectivity index (χ4v) is 1.51. The molecule has 0 fully saturated rings. The summed E-state index contributed by atoms with van der Waals surface area (Å²) in [5.74, 6) is -1.95. The summed E-state index contributed by atoms with van der Waals surface area (Å²) in [6, 6.07) is 5.54. The van der Waals surface area contributed by atoms with E-state index in [-0.39, 0.29) is 16.4 Å². The minimum Gasteiger partial charge on any atom is -0.319 e. The van der Waals surface area contributed by atoms with E-state index in [0.717, 1.165) is 18.2 Å². The van der Waals surface area contributed by atoms with Crippen LogP contribution in [0.1, 0.15) is 10.4 Å². The smallest absolute Gasteiger partial charge is 0.255 e. The van der Waals surface area contributed by atoms with Crippen molar-refractivity contribution in [1.29, 1.82) is 0 Å². The third-order valence-electron chi connectivity index (χ3n) is 2.17. The average molecular weight is 269 g/mol. The van der Waals surface area contributed by atoms with E-state index >= 15 is 0 Å². The van der Waals surface area contributed by atoms with Crippen molar-refractivity contribution < 1.29 is 13.6 Å². The largest absolute Gasteiger partial charge is 0.319 e. The Labute approximate surface area is 106 Å². The zero-order valence-electron chi connectivity index (χ0n) is 8.95. The highest BCUT2D eigenvalue weighted by molar-refractivity contribution is 6.29. The highest BCUT2D eigenvalue weighted by Crippen LogP contribution is 2.17. The number of carbonyl (C=O) groups is 1. The number of amides is 1. The van der Waals surface area contributed by atoms with Gasteiger partial charge in [0.2, 0.25) is 0 Å². The Morgan fingerprint density at radius 3 is 2.72 bits per heavy atom. The van der Waals surface area contributed by atoms with Crippen LogP contribution >= 0.6 is 11.6 Å². The molecule has 1 heterocycles. The second kappa shape index (κ2) is 5.10. The standard InChI is InChI=1S/C12H7ClF2N2O/c13-11-5-7(3-4-16-11)12(18)17-10-6-8(14)1-2-9(10)15/h1-6H,(H,17,18). The van der Waals surface area contributed by atoms with Crippen LogP contribution in [0.4, 0.5) is 14.5 Å². The molecular weight excluding hydrogens is 262 g/mol. The Kier molecular flexibility index (Phi) is 3.53. The number of nitrogens with one attached hydrogen (secondary N) is 1. The molecule has 18 heavy (non-hydrogen) atoms. The molecule has 1 aromatic heterocycles. The molecule has 1 aromatic carbocycles. The Morgan fingerprint density at radius 2 is 2.00 bits per heavy atom. The SMILES string of the molecule is O=C(Nc1cc(F)ccc1F)c1ccnc(Cl)c1. The second-order valence-electron chi connectivity index (χ2n) is 3.45. The lowest BCUT2D eigenvalue weighted by molar-refractivity contribution is 0.102. The van der Waals surface area contributed by atoms with E-state index in [1.54, 1.807) is 0 Å². The molecule has 0 bridgehead atoms. The van der Waals surface area contributed by atoms with Gasteiger partial charge in [-0.2, -0.15) is 0 Å². The number of nitrogens with zero attached hydrogens (tertiary/aromatic N) is 1. The summed E-state index contributed by atoms with van der Waals surface area (Å²) in [5, 5.41) is 2.40. The molecule has 92 valence electrons. The molecular formula is C12H7ClF2N2O. The molecule has 0 atom stereocenters. The summed E-state index contributed by atoms with van der Waals surface area (Å²) in [7, 11) is 0. The van der Waals surface area contributed by atoms with Gasteiger partial charge in [0, 0.05) is 17.8 Å². The lowest BCUT2D eigenvalue weighted by Gasteiger charge is -2.06. The molecule has 0 aliphatic heterocycles. The summed E-state index contributed by atoms with van der Waals surface area (Å²) < 4.78 is 26.2. The number of anilines is 1. The Hall–Kier alpha value is -2.01. The van der Waals surface area contributed by atoms with Gasteiger partial charge in [0.15, 0.2) is 0 Å². The van der Waals surface area contributed by atoms with Crippen LogP contribution in [0.25, 0.3) is 0 Å². The summed E-state index contributed by atoms with van der Waals surface area (Å²) in [5.41, 5.74) is -0.0217. The molecule has 0 spiro atoms. The van der Waals surface area contributed by atoms with Gasteiger partial charge in [-0.3, -0.25) is 4.79 Å². The maximum atomic E-state index is 13.3. The van der Waals surface area contributed by atoms with E-state index in [1.165, 1.54) is 18.3 Å². The van der Waals surface area contributed by atoms with Gasteiger partial charge in [0.25, 0.3) is 5.91 Å². The predicted octanol–water partition coefficient (Wildman–Crippen LogP) is 3.27. The van der Waals surface area contributed by atoms with Crippen molar-refractivity contribution in [2.75, 3.05) is 5.32 Å². The highest BCUT2D eigenvalue weighted by atomic mass is 35.5. The van der Waals surface area contributed by atoms with Crippen LogP contribution in [0.15, 0.2) is 36.5 Å². The van der Waals surface area contributed by atoms with E-state index in [4.69, 9.17) is 11.6 Å². The Bertz CT molecular complexity index is 604. The molecule has 1 N–H and O–H groups in total. The van der Waals surface area contributed by atoms with E-state index < -0.39 is 17.5 Å². The van der Waals surface area contributed by atoms with Gasteiger partial charge >= 0.3 is 0 Å².